The zero-order chi connectivity index (χ0) is 13.7. The van der Waals surface area contributed by atoms with Crippen LogP contribution in [0.4, 0.5) is 0 Å². The lowest BCUT2D eigenvalue weighted by Gasteiger charge is -2.18. The molecule has 0 bridgehead atoms. The summed E-state index contributed by atoms with van der Waals surface area (Å²) in [4.78, 5) is 0. The first-order valence-electron chi connectivity index (χ1n) is 6.91. The van der Waals surface area contributed by atoms with E-state index in [1.54, 1.807) is 0 Å². The smallest absolute Gasteiger partial charge is 0.0468 e. The van der Waals surface area contributed by atoms with Gasteiger partial charge in [-0.2, -0.15) is 0 Å². The summed E-state index contributed by atoms with van der Waals surface area (Å²) in [5, 5.41) is 18.8. The van der Waals surface area contributed by atoms with Crippen molar-refractivity contribution < 1.29 is 10.2 Å². The molecule has 1 fully saturated rings. The van der Waals surface area contributed by atoms with Crippen LogP contribution in [0.1, 0.15) is 24.0 Å². The fraction of sp³-hybridized carbons (Fsp3) is 0.412. The number of allylic oxidation sites excluding steroid dienone is 1. The second kappa shape index (κ2) is 6.69. The van der Waals surface area contributed by atoms with Crippen LogP contribution in [0.3, 0.4) is 0 Å². The summed E-state index contributed by atoms with van der Waals surface area (Å²) in [6, 6.07) is 8.20. The SMILES string of the molecule is C=Cc1cccc(/C=C\C2CCC(CO)C2CO)c1. The molecular weight excluding hydrogens is 236 g/mol. The molecule has 2 rings (SSSR count). The maximum atomic E-state index is 9.46. The fourth-order valence-corrected chi connectivity index (χ4v) is 2.96. The number of hydrogen-bond donors (Lipinski definition) is 2. The second-order valence-electron chi connectivity index (χ2n) is 5.26. The van der Waals surface area contributed by atoms with Crippen molar-refractivity contribution in [2.24, 2.45) is 17.8 Å². The third-order valence-corrected chi connectivity index (χ3v) is 4.15. The van der Waals surface area contributed by atoms with Crippen molar-refractivity contribution in [1.82, 2.24) is 0 Å². The minimum Gasteiger partial charge on any atom is -0.396 e. The lowest BCUT2D eigenvalue weighted by atomic mass is 9.90. The van der Waals surface area contributed by atoms with E-state index in [0.717, 1.165) is 24.0 Å². The normalized spacial score (nSPS) is 26.9. The highest BCUT2D eigenvalue weighted by atomic mass is 16.3. The standard InChI is InChI=1S/C17H22O2/c1-2-13-4-3-5-14(10-13)6-7-15-8-9-16(11-18)17(15)12-19/h2-7,10,15-19H,1,8-9,11-12H2/b7-6-. The summed E-state index contributed by atoms with van der Waals surface area (Å²) in [7, 11) is 0. The van der Waals surface area contributed by atoms with Gasteiger partial charge in [-0.3, -0.25) is 0 Å². The zero-order valence-corrected chi connectivity index (χ0v) is 11.2. The Balaban J connectivity index is 2.07. The van der Waals surface area contributed by atoms with E-state index in [0.29, 0.717) is 5.92 Å². The molecule has 2 N–H and O–H groups in total. The molecule has 3 atom stereocenters. The summed E-state index contributed by atoms with van der Waals surface area (Å²) < 4.78 is 0. The van der Waals surface area contributed by atoms with E-state index in [9.17, 15) is 10.2 Å². The molecule has 19 heavy (non-hydrogen) atoms. The molecular formula is C17H22O2. The second-order valence-corrected chi connectivity index (χ2v) is 5.26. The van der Waals surface area contributed by atoms with Crippen LogP contribution in [-0.4, -0.2) is 23.4 Å². The van der Waals surface area contributed by atoms with Gasteiger partial charge in [-0.25, -0.2) is 0 Å². The molecule has 3 unspecified atom stereocenters. The van der Waals surface area contributed by atoms with Gasteiger partial charge in [-0.1, -0.05) is 43.0 Å². The summed E-state index contributed by atoms with van der Waals surface area (Å²) in [6.07, 6.45) is 8.18. The van der Waals surface area contributed by atoms with Crippen LogP contribution in [0.15, 0.2) is 36.9 Å². The quantitative estimate of drug-likeness (QED) is 0.852. The summed E-state index contributed by atoms with van der Waals surface area (Å²) in [6.45, 7) is 4.11. The first kappa shape index (κ1) is 14.0. The molecule has 1 aromatic rings. The topological polar surface area (TPSA) is 40.5 Å². The number of aliphatic hydroxyl groups excluding tert-OH is 2. The average molecular weight is 258 g/mol. The molecule has 1 aromatic carbocycles. The Morgan fingerprint density at radius 1 is 1.16 bits per heavy atom. The highest BCUT2D eigenvalue weighted by Crippen LogP contribution is 2.37. The van der Waals surface area contributed by atoms with Crippen LogP contribution in [0.5, 0.6) is 0 Å². The third kappa shape index (κ3) is 3.34. The molecule has 0 amide bonds. The van der Waals surface area contributed by atoms with Gasteiger partial charge in [-0.05, 0) is 47.8 Å². The lowest BCUT2D eigenvalue weighted by Crippen LogP contribution is -2.20. The Morgan fingerprint density at radius 3 is 2.63 bits per heavy atom. The van der Waals surface area contributed by atoms with Crippen molar-refractivity contribution in [3.8, 4) is 0 Å². The molecule has 102 valence electrons. The summed E-state index contributed by atoms with van der Waals surface area (Å²) >= 11 is 0. The molecule has 2 heteroatoms. The molecule has 1 saturated carbocycles. The van der Waals surface area contributed by atoms with Gasteiger partial charge in [0.15, 0.2) is 0 Å². The van der Waals surface area contributed by atoms with E-state index in [4.69, 9.17) is 0 Å². The largest absolute Gasteiger partial charge is 0.396 e. The molecule has 1 aliphatic carbocycles. The molecule has 1 aliphatic rings. The van der Waals surface area contributed by atoms with Crippen LogP contribution in [-0.2, 0) is 0 Å². The van der Waals surface area contributed by atoms with Crippen LogP contribution in [0, 0.1) is 17.8 Å². The Morgan fingerprint density at radius 2 is 1.95 bits per heavy atom. The van der Waals surface area contributed by atoms with Gasteiger partial charge in [0.1, 0.15) is 0 Å². The van der Waals surface area contributed by atoms with E-state index in [1.165, 1.54) is 0 Å². The van der Waals surface area contributed by atoms with Crippen molar-refractivity contribution in [3.63, 3.8) is 0 Å². The predicted molar refractivity (Wildman–Crippen MR) is 79.4 cm³/mol. The molecule has 0 radical (unpaired) electrons. The maximum absolute atomic E-state index is 9.46. The van der Waals surface area contributed by atoms with Crippen molar-refractivity contribution in [3.05, 3.63) is 48.0 Å². The monoisotopic (exact) mass is 258 g/mol. The van der Waals surface area contributed by atoms with Crippen LogP contribution in [0.25, 0.3) is 12.2 Å². The van der Waals surface area contributed by atoms with Gasteiger partial charge >= 0.3 is 0 Å². The van der Waals surface area contributed by atoms with Gasteiger partial charge in [0.2, 0.25) is 0 Å². The first-order chi connectivity index (χ1) is 9.28. The highest BCUT2D eigenvalue weighted by Gasteiger charge is 2.33. The van der Waals surface area contributed by atoms with Crippen molar-refractivity contribution in [2.75, 3.05) is 13.2 Å². The lowest BCUT2D eigenvalue weighted by molar-refractivity contribution is 0.128. The molecule has 0 heterocycles. The predicted octanol–water partition coefficient (Wildman–Crippen LogP) is 2.97. The van der Waals surface area contributed by atoms with Crippen molar-refractivity contribution >= 4 is 12.2 Å². The zero-order valence-electron chi connectivity index (χ0n) is 11.2. The Hall–Kier alpha value is -1.38. The van der Waals surface area contributed by atoms with Crippen LogP contribution in [0.2, 0.25) is 0 Å². The summed E-state index contributed by atoms with van der Waals surface area (Å²) in [5.41, 5.74) is 2.27. The average Bonchev–Trinajstić information content (AvgIpc) is 2.87. The van der Waals surface area contributed by atoms with Crippen LogP contribution >= 0.6 is 0 Å². The van der Waals surface area contributed by atoms with Gasteiger partial charge in [0.25, 0.3) is 0 Å². The number of rotatable bonds is 5. The van der Waals surface area contributed by atoms with E-state index in [2.05, 4.69) is 30.9 Å². The maximum Gasteiger partial charge on any atom is 0.0468 e. The van der Waals surface area contributed by atoms with E-state index < -0.39 is 0 Å². The van der Waals surface area contributed by atoms with E-state index in [1.807, 2.05) is 18.2 Å². The van der Waals surface area contributed by atoms with Crippen LogP contribution < -0.4 is 0 Å². The third-order valence-electron chi connectivity index (χ3n) is 4.15. The van der Waals surface area contributed by atoms with Gasteiger partial charge in [0, 0.05) is 13.2 Å². The van der Waals surface area contributed by atoms with Gasteiger partial charge in [0.05, 0.1) is 0 Å². The molecule has 0 saturated heterocycles. The Kier molecular flexibility index (Phi) is 4.94. The van der Waals surface area contributed by atoms with Crippen molar-refractivity contribution in [2.45, 2.75) is 12.8 Å². The first-order valence-corrected chi connectivity index (χ1v) is 6.91. The van der Waals surface area contributed by atoms with E-state index >= 15 is 0 Å². The molecule has 0 aliphatic heterocycles. The van der Waals surface area contributed by atoms with E-state index in [-0.39, 0.29) is 25.0 Å². The van der Waals surface area contributed by atoms with Gasteiger partial charge < -0.3 is 10.2 Å². The fourth-order valence-electron chi connectivity index (χ4n) is 2.96. The number of hydrogen-bond acceptors (Lipinski definition) is 2. The minimum absolute atomic E-state index is 0.160. The Bertz CT molecular complexity index is 450. The molecule has 2 nitrogen and oxygen atoms in total. The van der Waals surface area contributed by atoms with Gasteiger partial charge in [-0.15, -0.1) is 0 Å². The highest BCUT2D eigenvalue weighted by molar-refractivity contribution is 5.56. The number of aliphatic hydroxyl groups is 2. The Labute approximate surface area is 115 Å². The molecule has 0 spiro atoms. The van der Waals surface area contributed by atoms with Crippen molar-refractivity contribution in [1.29, 1.82) is 0 Å². The summed E-state index contributed by atoms with van der Waals surface area (Å²) in [5.74, 6) is 0.817. The number of benzene rings is 1. The molecule has 0 aromatic heterocycles. The minimum atomic E-state index is 0.160.